The summed E-state index contributed by atoms with van der Waals surface area (Å²) < 4.78 is 57.7. The molecule has 0 saturated carbocycles. The van der Waals surface area contributed by atoms with E-state index in [4.69, 9.17) is 14.2 Å². The topological polar surface area (TPSA) is 102 Å². The summed E-state index contributed by atoms with van der Waals surface area (Å²) in [5.74, 6) is 0.386. The lowest BCUT2D eigenvalue weighted by atomic mass is 9.87. The minimum Gasteiger partial charge on any atom is -0.744 e. The van der Waals surface area contributed by atoms with E-state index in [1.807, 2.05) is 31.2 Å². The molecule has 16 heteroatoms. The smallest absolute Gasteiger partial charge is 0.324 e. The maximum absolute atomic E-state index is 13.8. The number of ether oxygens (including phenoxy) is 3. The van der Waals surface area contributed by atoms with E-state index in [0.29, 0.717) is 29.4 Å². The van der Waals surface area contributed by atoms with Crippen LogP contribution in [0.3, 0.4) is 0 Å². The van der Waals surface area contributed by atoms with Crippen molar-refractivity contribution in [1.29, 1.82) is 0 Å². The molecule has 216 valence electrons. The lowest BCUT2D eigenvalue weighted by Crippen LogP contribution is -2.44. The number of hydrogen-bond donors (Lipinski definition) is 0. The van der Waals surface area contributed by atoms with E-state index < -0.39 is 21.5 Å². The summed E-state index contributed by atoms with van der Waals surface area (Å²) in [5.41, 5.74) is -1.31. The summed E-state index contributed by atoms with van der Waals surface area (Å²) in [6, 6.07) is 9.92. The average Bonchev–Trinajstić information content (AvgIpc) is 2.79. The van der Waals surface area contributed by atoms with Gasteiger partial charge in [0.05, 0.1) is 22.8 Å². The van der Waals surface area contributed by atoms with Gasteiger partial charge in [0, 0.05) is 16.1 Å². The van der Waals surface area contributed by atoms with Gasteiger partial charge < -0.3 is 18.8 Å². The fourth-order valence-electron chi connectivity index (χ4n) is 3.31. The molecule has 0 N–H and O–H groups in total. The Bertz CT molecular complexity index is 1440. The van der Waals surface area contributed by atoms with Crippen LogP contribution in [-0.4, -0.2) is 32.2 Å². The molecule has 0 aliphatic heterocycles. The summed E-state index contributed by atoms with van der Waals surface area (Å²) in [7, 11) is -4.71. The zero-order valence-electron chi connectivity index (χ0n) is 19.9. The van der Waals surface area contributed by atoms with Crippen LogP contribution < -0.4 is 14.2 Å². The maximum atomic E-state index is 13.8. The molecule has 40 heavy (non-hydrogen) atoms. The molecule has 0 heterocycles. The molecule has 0 aromatic heterocycles. The van der Waals surface area contributed by atoms with Gasteiger partial charge in [-0.2, -0.15) is 0 Å². The third-order valence-corrected chi connectivity index (χ3v) is 12.1. The van der Waals surface area contributed by atoms with E-state index in [1.165, 1.54) is 12.1 Å². The molecule has 3 aromatic rings. The number of carbonyl (C=O) groups is 1. The molecule has 3 rings (SSSR count). The Labute approximate surface area is 309 Å². The molecule has 0 atom stereocenters. The van der Waals surface area contributed by atoms with Gasteiger partial charge in [-0.3, -0.25) is 4.79 Å². The fourth-order valence-corrected chi connectivity index (χ4v) is 12.2. The van der Waals surface area contributed by atoms with Crippen molar-refractivity contribution in [2.45, 2.75) is 18.2 Å². The number of halogens is 8. The Hall–Kier alpha value is 0.980. The highest BCUT2D eigenvalue weighted by molar-refractivity contribution is 14.1. The monoisotopic (exact) mass is 1170 g/mol. The van der Waals surface area contributed by atoms with E-state index in [2.05, 4.69) is 95.6 Å². The predicted molar refractivity (Wildman–Crippen MR) is 188 cm³/mol. The highest BCUT2D eigenvalue weighted by atomic mass is 127. The first-order chi connectivity index (χ1) is 18.6. The Kier molecular flexibility index (Phi) is 13.2. The standard InChI is InChI=1S/C24H16Br6I2O7S/c1-2-24(9-37-20-14(27)3-11(25)4-15(20)28,10-38-21-16(29)5-12(26)6-17(21)30)23(33)39-13-7-18(31)22(19(32)8-13)40(34,35)36/h3-8H,2,9-10H2,1H3,(H,34,35,36)/p-1. The first-order valence-corrected chi connectivity index (χ1v) is 19.1. The highest BCUT2D eigenvalue weighted by Gasteiger charge is 2.42. The molecule has 3 aromatic carbocycles. The Morgan fingerprint density at radius 1 is 0.800 bits per heavy atom. The van der Waals surface area contributed by atoms with Crippen LogP contribution in [0.15, 0.2) is 68.1 Å². The molecule has 0 radical (unpaired) electrons. The number of esters is 1. The molecule has 0 saturated heterocycles. The second-order valence-corrected chi connectivity index (χ2v) is 17.1. The van der Waals surface area contributed by atoms with E-state index in [-0.39, 0.29) is 37.4 Å². The molecular weight excluding hydrogens is 1170 g/mol. The van der Waals surface area contributed by atoms with Gasteiger partial charge in [0.1, 0.15) is 46.0 Å². The largest absolute Gasteiger partial charge is 0.744 e. The van der Waals surface area contributed by atoms with E-state index >= 15 is 0 Å². The van der Waals surface area contributed by atoms with Gasteiger partial charge >= 0.3 is 5.97 Å². The quantitative estimate of drug-likeness (QED) is 0.0863. The number of carbonyl (C=O) groups excluding carboxylic acids is 1. The van der Waals surface area contributed by atoms with Crippen LogP contribution in [0, 0.1) is 12.6 Å². The van der Waals surface area contributed by atoms with Gasteiger partial charge in [0.2, 0.25) is 0 Å². The SMILES string of the molecule is CCC(COc1c(Br)cc(Br)cc1Br)(COc1c(Br)cc(Br)cc1Br)C(=O)Oc1cc(I)c(S(=O)(=O)[O-])c(I)c1. The average molecular weight is 1180 g/mol. The van der Waals surface area contributed by atoms with Crippen LogP contribution in [0.5, 0.6) is 17.2 Å². The van der Waals surface area contributed by atoms with Crippen molar-refractivity contribution in [1.82, 2.24) is 0 Å². The lowest BCUT2D eigenvalue weighted by Gasteiger charge is -2.31. The molecule has 0 aliphatic rings. The predicted octanol–water partition coefficient (Wildman–Crippen LogP) is 9.83. The fraction of sp³-hybridized carbons (Fsp3) is 0.208. The molecule has 7 nitrogen and oxygen atoms in total. The molecule has 0 unspecified atom stereocenters. The molecular formula is C24H15Br6I2O7S-. The first kappa shape index (κ1) is 35.5. The minimum atomic E-state index is -4.71. The molecule has 0 bridgehead atoms. The summed E-state index contributed by atoms with van der Waals surface area (Å²) in [6.07, 6.45) is 0.268. The van der Waals surface area contributed by atoms with Crippen molar-refractivity contribution in [3.63, 3.8) is 0 Å². The Morgan fingerprint density at radius 3 is 1.50 bits per heavy atom. The van der Waals surface area contributed by atoms with E-state index in [0.717, 1.165) is 8.95 Å². The van der Waals surface area contributed by atoms with E-state index in [9.17, 15) is 17.8 Å². The highest BCUT2D eigenvalue weighted by Crippen LogP contribution is 2.41. The van der Waals surface area contributed by atoms with Crippen LogP contribution in [0.2, 0.25) is 0 Å². The zero-order valence-corrected chi connectivity index (χ0v) is 34.5. The molecule has 0 amide bonds. The van der Waals surface area contributed by atoms with Crippen LogP contribution >= 0.6 is 141 Å². The van der Waals surface area contributed by atoms with Gasteiger partial charge in [-0.05, 0) is 152 Å². The third-order valence-electron chi connectivity index (χ3n) is 5.45. The van der Waals surface area contributed by atoms with Crippen LogP contribution in [-0.2, 0) is 14.9 Å². The molecule has 0 fully saturated rings. The van der Waals surface area contributed by atoms with Crippen molar-refractivity contribution in [3.05, 3.63) is 70.4 Å². The van der Waals surface area contributed by atoms with Crippen molar-refractivity contribution in [2.24, 2.45) is 5.41 Å². The van der Waals surface area contributed by atoms with Gasteiger partial charge in [-0.1, -0.05) is 38.8 Å². The van der Waals surface area contributed by atoms with Gasteiger partial charge in [0.25, 0.3) is 0 Å². The third kappa shape index (κ3) is 8.79. The number of hydrogen-bond acceptors (Lipinski definition) is 7. The van der Waals surface area contributed by atoms with Crippen LogP contribution in [0.1, 0.15) is 13.3 Å². The maximum Gasteiger partial charge on any atom is 0.324 e. The summed E-state index contributed by atoms with van der Waals surface area (Å²) >= 11 is 24.3. The number of benzene rings is 3. The van der Waals surface area contributed by atoms with Crippen molar-refractivity contribution in [3.8, 4) is 17.2 Å². The minimum absolute atomic E-state index is 0.0843. The Balaban J connectivity index is 2.00. The molecule has 0 aliphatic carbocycles. The summed E-state index contributed by atoms with van der Waals surface area (Å²) in [4.78, 5) is 13.5. The van der Waals surface area contributed by atoms with Crippen LogP contribution in [0.25, 0.3) is 0 Å². The second kappa shape index (κ2) is 14.8. The van der Waals surface area contributed by atoms with E-state index in [1.54, 1.807) is 45.2 Å². The summed E-state index contributed by atoms with van der Waals surface area (Å²) in [5, 5.41) is 0. The first-order valence-electron chi connectivity index (χ1n) is 10.8. The molecule has 0 spiro atoms. The van der Waals surface area contributed by atoms with Gasteiger partial charge in [0.15, 0.2) is 0 Å². The second-order valence-electron chi connectivity index (χ2n) is 8.17. The van der Waals surface area contributed by atoms with Crippen molar-refractivity contribution in [2.75, 3.05) is 13.2 Å². The van der Waals surface area contributed by atoms with Crippen LogP contribution in [0.4, 0.5) is 0 Å². The lowest BCUT2D eigenvalue weighted by molar-refractivity contribution is -0.150. The van der Waals surface area contributed by atoms with Crippen molar-refractivity contribution >= 4 is 157 Å². The Morgan fingerprint density at radius 2 is 1.18 bits per heavy atom. The normalized spacial score (nSPS) is 11.8. The van der Waals surface area contributed by atoms with Gasteiger partial charge in [-0.25, -0.2) is 8.42 Å². The van der Waals surface area contributed by atoms with Crippen molar-refractivity contribution < 1.29 is 32.0 Å². The van der Waals surface area contributed by atoms with Gasteiger partial charge in [-0.15, -0.1) is 0 Å². The zero-order chi connectivity index (χ0) is 30.0. The number of rotatable bonds is 10. The summed E-state index contributed by atoms with van der Waals surface area (Å²) in [6.45, 7) is 1.58.